The summed E-state index contributed by atoms with van der Waals surface area (Å²) in [5, 5.41) is 16.7. The van der Waals surface area contributed by atoms with Crippen molar-refractivity contribution in [1.82, 2.24) is 15.1 Å². The van der Waals surface area contributed by atoms with Gasteiger partial charge < -0.3 is 34.1 Å². The van der Waals surface area contributed by atoms with Gasteiger partial charge in [-0.2, -0.15) is 0 Å². The molecule has 1 saturated heterocycles. The second-order valence-corrected chi connectivity index (χ2v) is 13.3. The SMILES string of the molecule is COCCCC[C@@](O)(c1cccc2ccoc12)[C@@H]1CCCN(C(=O)N[C@@H](CC2CCCC2)CN(C)C(=O)OCc2ccccc2)C1. The number of amides is 3. The molecule has 0 radical (unpaired) electrons. The van der Waals surface area contributed by atoms with E-state index < -0.39 is 11.7 Å². The summed E-state index contributed by atoms with van der Waals surface area (Å²) in [5.74, 6) is 0.369. The fourth-order valence-corrected chi connectivity index (χ4v) is 7.41. The van der Waals surface area contributed by atoms with E-state index in [1.165, 1.54) is 12.8 Å². The van der Waals surface area contributed by atoms with Crippen LogP contribution in [0.3, 0.4) is 0 Å². The normalized spacial score (nSPS) is 19.1. The Morgan fingerprint density at radius 2 is 1.87 bits per heavy atom. The molecule has 250 valence electrons. The zero-order valence-corrected chi connectivity index (χ0v) is 27.5. The van der Waals surface area contributed by atoms with Gasteiger partial charge in [0.2, 0.25) is 0 Å². The summed E-state index contributed by atoms with van der Waals surface area (Å²) in [6.45, 7) is 2.28. The molecule has 3 atom stereocenters. The van der Waals surface area contributed by atoms with Crippen LogP contribution in [0.25, 0.3) is 11.0 Å². The number of benzene rings is 2. The van der Waals surface area contributed by atoms with Crippen LogP contribution in [-0.2, 0) is 21.7 Å². The third-order valence-corrected chi connectivity index (χ3v) is 9.92. The molecule has 1 aromatic heterocycles. The number of likely N-dealkylation sites (N-methyl/N-ethyl adjacent to an activating group) is 1. The number of carbonyl (C=O) groups excluding carboxylic acids is 2. The molecule has 9 nitrogen and oxygen atoms in total. The van der Waals surface area contributed by atoms with E-state index in [2.05, 4.69) is 5.32 Å². The van der Waals surface area contributed by atoms with Crippen molar-refractivity contribution < 1.29 is 28.6 Å². The van der Waals surface area contributed by atoms with E-state index in [1.807, 2.05) is 59.5 Å². The van der Waals surface area contributed by atoms with Crippen LogP contribution >= 0.6 is 0 Å². The Morgan fingerprint density at radius 1 is 1.07 bits per heavy atom. The molecule has 5 rings (SSSR count). The maximum atomic E-state index is 13.9. The number of unbranched alkanes of at least 4 members (excludes halogenated alkanes) is 1. The number of aliphatic hydroxyl groups is 1. The standard InChI is InChI=1S/C37H51N3O6/c1-39(36(42)46-27-29-14-4-3-5-15-29)26-32(24-28-12-6-7-13-28)38-35(41)40-21-11-17-31(25-40)37(43,20-8-9-22-44-2)33-18-10-16-30-19-23-45-34(30)33/h3-5,10,14-16,18-19,23,28,31-32,43H,6-9,11-13,17,20-22,24-27H2,1-2H3,(H,38,41)/t31-,32+,37+/m1/s1. The predicted molar refractivity (Wildman–Crippen MR) is 178 cm³/mol. The molecule has 2 aromatic carbocycles. The summed E-state index contributed by atoms with van der Waals surface area (Å²) in [4.78, 5) is 30.2. The minimum Gasteiger partial charge on any atom is -0.464 e. The van der Waals surface area contributed by atoms with Crippen molar-refractivity contribution in [1.29, 1.82) is 0 Å². The number of ether oxygens (including phenoxy) is 2. The first kappa shape index (κ1) is 33.8. The molecular formula is C37H51N3O6. The lowest BCUT2D eigenvalue weighted by molar-refractivity contribution is -0.0558. The summed E-state index contributed by atoms with van der Waals surface area (Å²) < 4.78 is 16.7. The molecule has 3 aromatic rings. The topological polar surface area (TPSA) is 104 Å². The highest BCUT2D eigenvalue weighted by Crippen LogP contribution is 2.42. The van der Waals surface area contributed by atoms with E-state index in [1.54, 1.807) is 25.3 Å². The number of hydrogen-bond donors (Lipinski definition) is 2. The zero-order chi connectivity index (χ0) is 32.4. The molecule has 0 spiro atoms. The Labute approximate surface area is 273 Å². The Kier molecular flexibility index (Phi) is 12.0. The maximum absolute atomic E-state index is 13.9. The van der Waals surface area contributed by atoms with E-state index in [0.717, 1.165) is 61.5 Å². The Morgan fingerprint density at radius 3 is 2.65 bits per heavy atom. The lowest BCUT2D eigenvalue weighted by atomic mass is 9.73. The van der Waals surface area contributed by atoms with Crippen LogP contribution in [0.1, 0.15) is 75.3 Å². The van der Waals surface area contributed by atoms with E-state index in [0.29, 0.717) is 44.2 Å². The molecule has 2 fully saturated rings. The van der Waals surface area contributed by atoms with Crippen LogP contribution in [-0.4, -0.2) is 73.5 Å². The van der Waals surface area contributed by atoms with Crippen molar-refractivity contribution in [2.75, 3.05) is 40.4 Å². The van der Waals surface area contributed by atoms with Gasteiger partial charge in [-0.15, -0.1) is 0 Å². The monoisotopic (exact) mass is 633 g/mol. The summed E-state index contributed by atoms with van der Waals surface area (Å²) in [7, 11) is 3.43. The smallest absolute Gasteiger partial charge is 0.409 e. The number of nitrogens with one attached hydrogen (secondary N) is 1. The highest BCUT2D eigenvalue weighted by Gasteiger charge is 2.43. The van der Waals surface area contributed by atoms with Gasteiger partial charge in [-0.05, 0) is 56.1 Å². The molecule has 1 saturated carbocycles. The molecule has 3 amide bonds. The lowest BCUT2D eigenvalue weighted by Crippen LogP contribution is -2.54. The average molecular weight is 634 g/mol. The van der Waals surface area contributed by atoms with Gasteiger partial charge in [0, 0.05) is 63.3 Å². The number of para-hydroxylation sites is 1. The van der Waals surface area contributed by atoms with Crippen LogP contribution in [0.15, 0.2) is 65.3 Å². The Bertz CT molecular complexity index is 1390. The van der Waals surface area contributed by atoms with Crippen molar-refractivity contribution in [2.45, 2.75) is 82.5 Å². The van der Waals surface area contributed by atoms with Crippen molar-refractivity contribution in [2.24, 2.45) is 11.8 Å². The first-order chi connectivity index (χ1) is 22.4. The number of rotatable bonds is 14. The fraction of sp³-hybridized carbons (Fsp3) is 0.568. The number of hydrogen-bond acceptors (Lipinski definition) is 6. The van der Waals surface area contributed by atoms with Gasteiger partial charge in [-0.25, -0.2) is 9.59 Å². The minimum atomic E-state index is -1.16. The second-order valence-electron chi connectivity index (χ2n) is 13.3. The Balaban J connectivity index is 1.27. The van der Waals surface area contributed by atoms with Gasteiger partial charge in [-0.3, -0.25) is 0 Å². The van der Waals surface area contributed by atoms with Crippen LogP contribution in [0.2, 0.25) is 0 Å². The number of furan rings is 1. The van der Waals surface area contributed by atoms with Gasteiger partial charge in [-0.1, -0.05) is 74.2 Å². The number of urea groups is 1. The van der Waals surface area contributed by atoms with E-state index >= 15 is 0 Å². The van der Waals surface area contributed by atoms with Gasteiger partial charge in [0.05, 0.1) is 11.9 Å². The van der Waals surface area contributed by atoms with Crippen molar-refractivity contribution in [3.8, 4) is 0 Å². The van der Waals surface area contributed by atoms with Gasteiger partial charge in [0.1, 0.15) is 12.2 Å². The molecule has 9 heteroatoms. The molecule has 0 bridgehead atoms. The van der Waals surface area contributed by atoms with E-state index in [-0.39, 0.29) is 24.6 Å². The number of methoxy groups -OCH3 is 1. The minimum absolute atomic E-state index is 0.142. The summed E-state index contributed by atoms with van der Waals surface area (Å²) in [6, 6.07) is 17.1. The highest BCUT2D eigenvalue weighted by molar-refractivity contribution is 5.81. The van der Waals surface area contributed by atoms with Gasteiger partial charge in [0.25, 0.3) is 0 Å². The third kappa shape index (κ3) is 8.62. The van der Waals surface area contributed by atoms with Crippen LogP contribution in [0.5, 0.6) is 0 Å². The van der Waals surface area contributed by atoms with E-state index in [9.17, 15) is 14.7 Å². The molecular weight excluding hydrogens is 582 g/mol. The molecule has 46 heavy (non-hydrogen) atoms. The fourth-order valence-electron chi connectivity index (χ4n) is 7.41. The number of carbonyl (C=O) groups is 2. The predicted octanol–water partition coefficient (Wildman–Crippen LogP) is 7.08. The van der Waals surface area contributed by atoms with Crippen molar-refractivity contribution in [3.05, 3.63) is 72.0 Å². The lowest BCUT2D eigenvalue weighted by Gasteiger charge is -2.43. The molecule has 2 heterocycles. The number of likely N-dealkylation sites (tertiary alicyclic amines) is 1. The first-order valence-electron chi connectivity index (χ1n) is 17.0. The van der Waals surface area contributed by atoms with E-state index in [4.69, 9.17) is 13.9 Å². The third-order valence-electron chi connectivity index (χ3n) is 9.92. The van der Waals surface area contributed by atoms with Crippen molar-refractivity contribution in [3.63, 3.8) is 0 Å². The molecule has 2 aliphatic rings. The highest BCUT2D eigenvalue weighted by atomic mass is 16.6. The average Bonchev–Trinajstić information content (AvgIpc) is 3.78. The summed E-state index contributed by atoms with van der Waals surface area (Å²) in [5.41, 5.74) is 1.27. The number of nitrogens with zero attached hydrogens (tertiary/aromatic N) is 2. The molecule has 1 aliphatic carbocycles. The van der Waals surface area contributed by atoms with Crippen LogP contribution in [0.4, 0.5) is 9.59 Å². The first-order valence-corrected chi connectivity index (χ1v) is 17.0. The molecule has 1 aliphatic heterocycles. The quantitative estimate of drug-likeness (QED) is 0.184. The van der Waals surface area contributed by atoms with Crippen LogP contribution < -0.4 is 5.32 Å². The summed E-state index contributed by atoms with van der Waals surface area (Å²) >= 11 is 0. The summed E-state index contributed by atoms with van der Waals surface area (Å²) in [6.07, 6.45) is 10.6. The number of fused-ring (bicyclic) bond motifs is 1. The zero-order valence-electron chi connectivity index (χ0n) is 27.5. The number of piperidine rings is 1. The van der Waals surface area contributed by atoms with Crippen molar-refractivity contribution >= 4 is 23.1 Å². The van der Waals surface area contributed by atoms with Gasteiger partial charge >= 0.3 is 12.1 Å². The maximum Gasteiger partial charge on any atom is 0.409 e. The second kappa shape index (κ2) is 16.3. The molecule has 2 N–H and O–H groups in total. The van der Waals surface area contributed by atoms with Crippen LogP contribution in [0, 0.1) is 11.8 Å². The largest absolute Gasteiger partial charge is 0.464 e. The van der Waals surface area contributed by atoms with Gasteiger partial charge in [0.15, 0.2) is 0 Å². The molecule has 0 unspecified atom stereocenters. The Hall–Kier alpha value is -3.56.